The molecule has 1 aromatic heterocycles. The molecule has 0 aliphatic carbocycles. The number of hydrogen-bond donors (Lipinski definition) is 2. The van der Waals surface area contributed by atoms with E-state index in [2.05, 4.69) is 15.9 Å². The molecule has 0 aromatic carbocycles. The number of aryl methyl sites for hydroxylation is 1. The summed E-state index contributed by atoms with van der Waals surface area (Å²) in [6.45, 7) is 1.94. The van der Waals surface area contributed by atoms with E-state index in [-0.39, 0.29) is 0 Å². The molecule has 0 radical (unpaired) electrons. The van der Waals surface area contributed by atoms with Crippen LogP contribution in [0.5, 0.6) is 0 Å². The summed E-state index contributed by atoms with van der Waals surface area (Å²) in [7, 11) is 0. The highest BCUT2D eigenvalue weighted by Gasteiger charge is 2.19. The fourth-order valence-corrected chi connectivity index (χ4v) is 2.50. The zero-order chi connectivity index (χ0) is 9.84. The summed E-state index contributed by atoms with van der Waals surface area (Å²) in [5.41, 5.74) is 1.89. The lowest BCUT2D eigenvalue weighted by Gasteiger charge is -2.16. The Labute approximate surface area is 90.4 Å². The van der Waals surface area contributed by atoms with E-state index in [0.29, 0.717) is 11.8 Å². The quantitative estimate of drug-likeness (QED) is 0.820. The Balaban J connectivity index is 2.67. The Morgan fingerprint density at radius 2 is 2.15 bits per heavy atom. The molecule has 0 aliphatic heterocycles. The van der Waals surface area contributed by atoms with E-state index in [0.717, 1.165) is 11.1 Å². The van der Waals surface area contributed by atoms with E-state index in [1.54, 1.807) is 11.3 Å². The fourth-order valence-electron chi connectivity index (χ4n) is 1.15. The maximum Gasteiger partial charge on any atom is 0.106 e. The highest BCUT2D eigenvalue weighted by molar-refractivity contribution is 9.09. The van der Waals surface area contributed by atoms with Gasteiger partial charge in [0.25, 0.3) is 0 Å². The Morgan fingerprint density at radius 3 is 2.62 bits per heavy atom. The summed E-state index contributed by atoms with van der Waals surface area (Å²) in [5, 5.41) is 23.8. The molecule has 13 heavy (non-hydrogen) atoms. The average Bonchev–Trinajstić information content (AvgIpc) is 2.50. The van der Waals surface area contributed by atoms with Crippen LogP contribution < -0.4 is 0 Å². The van der Waals surface area contributed by atoms with Gasteiger partial charge in [0.05, 0.1) is 6.10 Å². The van der Waals surface area contributed by atoms with Crippen molar-refractivity contribution in [2.75, 3.05) is 5.33 Å². The molecule has 2 N–H and O–H groups in total. The first-order chi connectivity index (χ1) is 6.16. The largest absolute Gasteiger partial charge is 0.390 e. The van der Waals surface area contributed by atoms with Crippen LogP contribution in [0.3, 0.4) is 0 Å². The van der Waals surface area contributed by atoms with Crippen LogP contribution in [0.15, 0.2) is 10.8 Å². The molecule has 2 atom stereocenters. The molecule has 0 aliphatic rings. The summed E-state index contributed by atoms with van der Waals surface area (Å²) in [6.07, 6.45) is -0.854. The smallest absolute Gasteiger partial charge is 0.106 e. The Kier molecular flexibility index (Phi) is 4.38. The predicted molar refractivity (Wildman–Crippen MR) is 58.4 cm³/mol. The van der Waals surface area contributed by atoms with E-state index < -0.39 is 12.2 Å². The molecule has 2 unspecified atom stereocenters. The van der Waals surface area contributed by atoms with Gasteiger partial charge in [-0.1, -0.05) is 15.9 Å². The summed E-state index contributed by atoms with van der Waals surface area (Å²) in [4.78, 5) is 0. The van der Waals surface area contributed by atoms with Crippen molar-refractivity contribution in [3.8, 4) is 0 Å². The molecule has 0 amide bonds. The van der Waals surface area contributed by atoms with Crippen molar-refractivity contribution in [2.24, 2.45) is 0 Å². The van der Waals surface area contributed by atoms with Crippen LogP contribution in [0.4, 0.5) is 0 Å². The van der Waals surface area contributed by atoms with E-state index in [9.17, 15) is 10.2 Å². The normalized spacial score (nSPS) is 15.7. The molecule has 0 bridgehead atoms. The molecule has 74 valence electrons. The number of thiophene rings is 1. The zero-order valence-corrected chi connectivity index (χ0v) is 9.81. The molecule has 1 rings (SSSR count). The van der Waals surface area contributed by atoms with Crippen molar-refractivity contribution in [1.29, 1.82) is 0 Å². The van der Waals surface area contributed by atoms with Gasteiger partial charge in [-0.25, -0.2) is 0 Å². The number of rotatable bonds is 4. The molecule has 1 heterocycles. The van der Waals surface area contributed by atoms with Crippen molar-refractivity contribution in [3.63, 3.8) is 0 Å². The number of alkyl halides is 1. The first-order valence-electron chi connectivity index (χ1n) is 4.11. The van der Waals surface area contributed by atoms with Crippen LogP contribution in [0.2, 0.25) is 0 Å². The molecular weight excluding hydrogens is 252 g/mol. The standard InChI is InChI=1S/C9H13BrO2S/c1-6-4-13-5-7(6)9(12)8(11)2-3-10/h4-5,8-9,11-12H,2-3H2,1H3. The Hall–Kier alpha value is 0.100. The van der Waals surface area contributed by atoms with Crippen molar-refractivity contribution in [3.05, 3.63) is 21.9 Å². The number of hydrogen-bond acceptors (Lipinski definition) is 3. The van der Waals surface area contributed by atoms with Gasteiger partial charge in [0.15, 0.2) is 0 Å². The van der Waals surface area contributed by atoms with Gasteiger partial charge in [-0.05, 0) is 35.2 Å². The third-order valence-corrected chi connectivity index (χ3v) is 3.32. The molecule has 4 heteroatoms. The van der Waals surface area contributed by atoms with Crippen LogP contribution in [0.1, 0.15) is 23.7 Å². The summed E-state index contributed by atoms with van der Waals surface area (Å²) >= 11 is 4.78. The van der Waals surface area contributed by atoms with Crippen molar-refractivity contribution < 1.29 is 10.2 Å². The fraction of sp³-hybridized carbons (Fsp3) is 0.556. The Morgan fingerprint density at radius 1 is 1.46 bits per heavy atom. The topological polar surface area (TPSA) is 40.5 Å². The second-order valence-electron chi connectivity index (χ2n) is 3.00. The van der Waals surface area contributed by atoms with Gasteiger partial charge in [-0.3, -0.25) is 0 Å². The maximum atomic E-state index is 9.73. The van der Waals surface area contributed by atoms with Crippen LogP contribution in [0.25, 0.3) is 0 Å². The average molecular weight is 265 g/mol. The van der Waals surface area contributed by atoms with Crippen molar-refractivity contribution in [2.45, 2.75) is 25.6 Å². The highest BCUT2D eigenvalue weighted by Crippen LogP contribution is 2.25. The van der Waals surface area contributed by atoms with Gasteiger partial charge < -0.3 is 10.2 Å². The minimum absolute atomic E-state index is 0.566. The molecule has 2 nitrogen and oxygen atoms in total. The van der Waals surface area contributed by atoms with E-state index in [1.165, 1.54) is 0 Å². The molecular formula is C9H13BrO2S. The van der Waals surface area contributed by atoms with Crippen LogP contribution >= 0.6 is 27.3 Å². The monoisotopic (exact) mass is 264 g/mol. The second-order valence-corrected chi connectivity index (χ2v) is 4.54. The second kappa shape index (κ2) is 5.10. The van der Waals surface area contributed by atoms with Gasteiger partial charge >= 0.3 is 0 Å². The molecule has 0 fully saturated rings. The third kappa shape index (κ3) is 2.77. The number of aliphatic hydroxyl groups is 2. The minimum atomic E-state index is -0.746. The van der Waals surface area contributed by atoms with Crippen molar-refractivity contribution >= 4 is 27.3 Å². The van der Waals surface area contributed by atoms with Crippen LogP contribution in [-0.2, 0) is 0 Å². The van der Waals surface area contributed by atoms with Crippen molar-refractivity contribution in [1.82, 2.24) is 0 Å². The molecule has 0 spiro atoms. The predicted octanol–water partition coefficient (Wildman–Crippen LogP) is 2.24. The summed E-state index contributed by atoms with van der Waals surface area (Å²) in [5.74, 6) is 0. The molecule has 0 saturated carbocycles. The number of aliphatic hydroxyl groups excluding tert-OH is 2. The van der Waals surface area contributed by atoms with Crippen LogP contribution in [-0.4, -0.2) is 21.6 Å². The van der Waals surface area contributed by atoms with Gasteiger partial charge in [-0.15, -0.1) is 0 Å². The highest BCUT2D eigenvalue weighted by atomic mass is 79.9. The Bertz CT molecular complexity index is 262. The minimum Gasteiger partial charge on any atom is -0.390 e. The summed E-state index contributed by atoms with van der Waals surface area (Å²) < 4.78 is 0. The SMILES string of the molecule is Cc1cscc1C(O)C(O)CCBr. The third-order valence-electron chi connectivity index (χ3n) is 1.98. The number of halogens is 1. The van der Waals surface area contributed by atoms with E-state index in [4.69, 9.17) is 0 Å². The van der Waals surface area contributed by atoms with Gasteiger partial charge in [0.2, 0.25) is 0 Å². The molecule has 1 aromatic rings. The van der Waals surface area contributed by atoms with Crippen LogP contribution in [0, 0.1) is 6.92 Å². The van der Waals surface area contributed by atoms with E-state index >= 15 is 0 Å². The summed E-state index contributed by atoms with van der Waals surface area (Å²) in [6, 6.07) is 0. The van der Waals surface area contributed by atoms with Gasteiger partial charge in [0.1, 0.15) is 6.10 Å². The lowest BCUT2D eigenvalue weighted by atomic mass is 10.0. The van der Waals surface area contributed by atoms with Gasteiger partial charge in [-0.2, -0.15) is 11.3 Å². The lowest BCUT2D eigenvalue weighted by molar-refractivity contribution is 0.0172. The molecule has 0 saturated heterocycles. The zero-order valence-electron chi connectivity index (χ0n) is 7.40. The van der Waals surface area contributed by atoms with E-state index in [1.807, 2.05) is 17.7 Å². The maximum absolute atomic E-state index is 9.73. The van der Waals surface area contributed by atoms with Gasteiger partial charge in [0, 0.05) is 5.33 Å². The first-order valence-corrected chi connectivity index (χ1v) is 6.18. The first kappa shape index (κ1) is 11.2. The lowest BCUT2D eigenvalue weighted by Crippen LogP contribution is -2.18.